The average molecular weight is 287 g/mol. The molecule has 0 aromatic heterocycles. The summed E-state index contributed by atoms with van der Waals surface area (Å²) in [7, 11) is 0. The number of aliphatic hydroxyl groups is 1. The van der Waals surface area contributed by atoms with Crippen LogP contribution in [0.3, 0.4) is 0 Å². The van der Waals surface area contributed by atoms with Crippen LogP contribution in [-0.4, -0.2) is 30.5 Å². The lowest BCUT2D eigenvalue weighted by molar-refractivity contribution is 0.0219. The van der Waals surface area contributed by atoms with Gasteiger partial charge in [0.1, 0.15) is 0 Å². The van der Waals surface area contributed by atoms with Gasteiger partial charge in [0.15, 0.2) is 0 Å². The van der Waals surface area contributed by atoms with E-state index in [1.54, 1.807) is 0 Å². The van der Waals surface area contributed by atoms with Crippen LogP contribution < -0.4 is 5.73 Å². The van der Waals surface area contributed by atoms with Crippen LogP contribution >= 0.6 is 0 Å². The Balaban J connectivity index is 3.36. The first-order chi connectivity index (χ1) is 9.76. The van der Waals surface area contributed by atoms with Gasteiger partial charge in [-0.3, -0.25) is 0 Å². The number of nitrogens with two attached hydrogens (primary N) is 1. The van der Waals surface area contributed by atoms with E-state index in [4.69, 9.17) is 15.6 Å². The quantitative estimate of drug-likeness (QED) is 0.447. The van der Waals surface area contributed by atoms with Gasteiger partial charge in [-0.15, -0.1) is 0 Å². The second kappa shape index (κ2) is 15.3. The van der Waals surface area contributed by atoms with Crippen LogP contribution in [0, 0.1) is 0 Å². The second-order valence-corrected chi connectivity index (χ2v) is 5.81. The predicted molar refractivity (Wildman–Crippen MR) is 86.9 cm³/mol. The zero-order valence-corrected chi connectivity index (χ0v) is 13.8. The lowest BCUT2D eigenvalue weighted by Gasteiger charge is -2.22. The minimum Gasteiger partial charge on any atom is -0.395 e. The maximum atomic E-state index is 9.09. The third kappa shape index (κ3) is 11.7. The first-order valence-corrected chi connectivity index (χ1v) is 8.74. The van der Waals surface area contributed by atoms with Gasteiger partial charge in [-0.05, 0) is 13.3 Å². The molecule has 20 heavy (non-hydrogen) atoms. The summed E-state index contributed by atoms with van der Waals surface area (Å²) >= 11 is 0. The second-order valence-electron chi connectivity index (χ2n) is 5.81. The molecule has 0 saturated heterocycles. The van der Waals surface area contributed by atoms with Gasteiger partial charge in [-0.2, -0.15) is 0 Å². The van der Waals surface area contributed by atoms with Gasteiger partial charge in [0.05, 0.1) is 18.8 Å². The molecule has 3 heteroatoms. The van der Waals surface area contributed by atoms with Gasteiger partial charge < -0.3 is 15.6 Å². The SMILES string of the molecule is CCCCCCCCCCCC[C@@H](OCC)[C@@H](N)CO. The fourth-order valence-electron chi connectivity index (χ4n) is 2.59. The summed E-state index contributed by atoms with van der Waals surface area (Å²) in [6, 6.07) is -0.228. The molecule has 0 spiro atoms. The topological polar surface area (TPSA) is 55.5 Å². The highest BCUT2D eigenvalue weighted by molar-refractivity contribution is 4.72. The Morgan fingerprint density at radius 2 is 1.35 bits per heavy atom. The fraction of sp³-hybridized carbons (Fsp3) is 1.00. The van der Waals surface area contributed by atoms with Gasteiger partial charge >= 0.3 is 0 Å². The van der Waals surface area contributed by atoms with E-state index in [0.717, 1.165) is 12.8 Å². The van der Waals surface area contributed by atoms with Gasteiger partial charge in [0.2, 0.25) is 0 Å². The zero-order chi connectivity index (χ0) is 15.1. The van der Waals surface area contributed by atoms with Crippen LogP contribution in [0.4, 0.5) is 0 Å². The van der Waals surface area contributed by atoms with Crippen molar-refractivity contribution >= 4 is 0 Å². The highest BCUT2D eigenvalue weighted by Crippen LogP contribution is 2.13. The summed E-state index contributed by atoms with van der Waals surface area (Å²) in [6.07, 6.45) is 14.4. The first-order valence-electron chi connectivity index (χ1n) is 8.74. The standard InChI is InChI=1S/C17H37NO2/c1-3-5-6-7-8-9-10-11-12-13-14-17(20-4-2)16(18)15-19/h16-17,19H,3-15,18H2,1-2H3/t16-,17+/m0/s1. The highest BCUT2D eigenvalue weighted by atomic mass is 16.5. The maximum Gasteiger partial charge on any atom is 0.0748 e. The Morgan fingerprint density at radius 1 is 0.850 bits per heavy atom. The smallest absolute Gasteiger partial charge is 0.0748 e. The monoisotopic (exact) mass is 287 g/mol. The Kier molecular flexibility index (Phi) is 15.2. The minimum atomic E-state index is -0.228. The van der Waals surface area contributed by atoms with Crippen LogP contribution in [0.25, 0.3) is 0 Å². The first kappa shape index (κ1) is 19.9. The summed E-state index contributed by atoms with van der Waals surface area (Å²) in [4.78, 5) is 0. The van der Waals surface area contributed by atoms with Crippen LogP contribution in [0.15, 0.2) is 0 Å². The van der Waals surface area contributed by atoms with Crippen molar-refractivity contribution in [1.29, 1.82) is 0 Å². The van der Waals surface area contributed by atoms with Crippen molar-refractivity contribution in [1.82, 2.24) is 0 Å². The summed E-state index contributed by atoms with van der Waals surface area (Å²) in [6.45, 7) is 4.94. The molecule has 2 atom stereocenters. The number of hydrogen-bond acceptors (Lipinski definition) is 3. The third-order valence-electron chi connectivity index (χ3n) is 3.91. The largest absolute Gasteiger partial charge is 0.395 e. The van der Waals surface area contributed by atoms with E-state index in [9.17, 15) is 0 Å². The zero-order valence-electron chi connectivity index (χ0n) is 13.8. The van der Waals surface area contributed by atoms with Crippen molar-refractivity contribution in [3.05, 3.63) is 0 Å². The van der Waals surface area contributed by atoms with E-state index < -0.39 is 0 Å². The van der Waals surface area contributed by atoms with E-state index in [1.165, 1.54) is 57.8 Å². The Labute approximate surface area is 126 Å². The van der Waals surface area contributed by atoms with Crippen LogP contribution in [0.5, 0.6) is 0 Å². The minimum absolute atomic E-state index is 0.0163. The van der Waals surface area contributed by atoms with Crippen LogP contribution in [-0.2, 0) is 4.74 Å². The molecule has 0 aromatic rings. The maximum absolute atomic E-state index is 9.09. The normalized spacial score (nSPS) is 14.4. The molecule has 0 unspecified atom stereocenters. The molecule has 0 aliphatic rings. The van der Waals surface area contributed by atoms with Crippen molar-refractivity contribution < 1.29 is 9.84 Å². The number of unbranched alkanes of at least 4 members (excludes halogenated alkanes) is 9. The number of rotatable bonds is 15. The summed E-state index contributed by atoms with van der Waals surface area (Å²) in [5, 5.41) is 9.09. The van der Waals surface area contributed by atoms with E-state index in [1.807, 2.05) is 6.92 Å². The molecular formula is C17H37NO2. The molecule has 0 fully saturated rings. The summed E-state index contributed by atoms with van der Waals surface area (Å²) < 4.78 is 5.59. The van der Waals surface area contributed by atoms with E-state index in [-0.39, 0.29) is 18.8 Å². The molecule has 0 aromatic carbocycles. The summed E-state index contributed by atoms with van der Waals surface area (Å²) in [5.41, 5.74) is 5.85. The summed E-state index contributed by atoms with van der Waals surface area (Å²) in [5.74, 6) is 0. The van der Waals surface area contributed by atoms with Gasteiger partial charge in [0, 0.05) is 6.61 Å². The van der Waals surface area contributed by atoms with E-state index >= 15 is 0 Å². The van der Waals surface area contributed by atoms with Gasteiger partial charge in [0.25, 0.3) is 0 Å². The van der Waals surface area contributed by atoms with Crippen LogP contribution in [0.2, 0.25) is 0 Å². The molecule has 0 bridgehead atoms. The molecule has 0 heterocycles. The van der Waals surface area contributed by atoms with Crippen molar-refractivity contribution in [2.24, 2.45) is 5.73 Å². The molecule has 0 rings (SSSR count). The number of aliphatic hydroxyl groups excluding tert-OH is 1. The van der Waals surface area contributed by atoms with Crippen molar-refractivity contribution in [3.8, 4) is 0 Å². The molecular weight excluding hydrogens is 250 g/mol. The van der Waals surface area contributed by atoms with Crippen molar-refractivity contribution in [2.75, 3.05) is 13.2 Å². The number of ether oxygens (including phenoxy) is 1. The Morgan fingerprint density at radius 3 is 1.80 bits per heavy atom. The molecule has 3 N–H and O–H groups in total. The molecule has 0 aliphatic carbocycles. The highest BCUT2D eigenvalue weighted by Gasteiger charge is 2.16. The fourth-order valence-corrected chi connectivity index (χ4v) is 2.59. The lowest BCUT2D eigenvalue weighted by Crippen LogP contribution is -2.39. The molecule has 0 aliphatic heterocycles. The Bertz CT molecular complexity index is 188. The lowest BCUT2D eigenvalue weighted by atomic mass is 10.0. The molecule has 122 valence electrons. The van der Waals surface area contributed by atoms with Gasteiger partial charge in [-0.25, -0.2) is 0 Å². The van der Waals surface area contributed by atoms with Crippen molar-refractivity contribution in [3.63, 3.8) is 0 Å². The molecule has 0 saturated carbocycles. The Hall–Kier alpha value is -0.120. The van der Waals surface area contributed by atoms with Gasteiger partial charge in [-0.1, -0.05) is 71.1 Å². The third-order valence-corrected chi connectivity index (χ3v) is 3.91. The van der Waals surface area contributed by atoms with E-state index in [2.05, 4.69) is 6.92 Å². The van der Waals surface area contributed by atoms with E-state index in [0.29, 0.717) is 6.61 Å². The van der Waals surface area contributed by atoms with Crippen molar-refractivity contribution in [2.45, 2.75) is 96.6 Å². The molecule has 0 amide bonds. The molecule has 3 nitrogen and oxygen atoms in total. The average Bonchev–Trinajstić information content (AvgIpc) is 2.47. The number of hydrogen-bond donors (Lipinski definition) is 2. The van der Waals surface area contributed by atoms with Crippen LogP contribution in [0.1, 0.15) is 84.5 Å². The predicted octanol–water partition coefficient (Wildman–Crippen LogP) is 4.02. The molecule has 0 radical (unpaired) electrons.